The van der Waals surface area contributed by atoms with E-state index in [0.29, 0.717) is 17.3 Å². The van der Waals surface area contributed by atoms with Gasteiger partial charge in [-0.25, -0.2) is 0 Å². The topological polar surface area (TPSA) is 68.9 Å². The third-order valence-electron chi connectivity index (χ3n) is 2.92. The van der Waals surface area contributed by atoms with Gasteiger partial charge in [0.05, 0.1) is 16.3 Å². The summed E-state index contributed by atoms with van der Waals surface area (Å²) in [4.78, 5) is 21.4. The van der Waals surface area contributed by atoms with Crippen LogP contribution in [0.25, 0.3) is 10.7 Å². The first-order chi connectivity index (χ1) is 9.75. The molecule has 2 aromatic heterocycles. The van der Waals surface area contributed by atoms with Crippen molar-refractivity contribution in [2.75, 3.05) is 0 Å². The lowest BCUT2D eigenvalue weighted by Gasteiger charge is -2.04. The Kier molecular flexibility index (Phi) is 3.39. The summed E-state index contributed by atoms with van der Waals surface area (Å²) in [5.74, 6) is 0.286. The molecule has 2 heterocycles. The van der Waals surface area contributed by atoms with Crippen LogP contribution in [0.2, 0.25) is 0 Å². The minimum atomic E-state index is -0.466. The number of carbonyl (C=O) groups is 1. The van der Waals surface area contributed by atoms with E-state index >= 15 is 0 Å². The van der Waals surface area contributed by atoms with Gasteiger partial charge in [0.25, 0.3) is 0 Å². The number of aromatic nitrogens is 3. The number of benzene rings is 1. The van der Waals surface area contributed by atoms with E-state index in [9.17, 15) is 4.79 Å². The summed E-state index contributed by atoms with van der Waals surface area (Å²) in [6.45, 7) is 1.76. The zero-order valence-corrected chi connectivity index (χ0v) is 11.5. The van der Waals surface area contributed by atoms with Crippen molar-refractivity contribution in [3.05, 3.63) is 53.5 Å². The van der Waals surface area contributed by atoms with Crippen LogP contribution in [0.15, 0.2) is 46.6 Å². The van der Waals surface area contributed by atoms with Gasteiger partial charge in [-0.3, -0.25) is 9.78 Å². The summed E-state index contributed by atoms with van der Waals surface area (Å²) in [5, 5.41) is 3.89. The molecule has 3 rings (SSSR count). The zero-order chi connectivity index (χ0) is 13.9. The molecule has 1 atom stereocenters. The minimum absolute atomic E-state index is 0.0369. The molecule has 0 radical (unpaired) electrons. The predicted molar refractivity (Wildman–Crippen MR) is 74.6 cm³/mol. The zero-order valence-electron chi connectivity index (χ0n) is 10.7. The molecule has 0 saturated carbocycles. The van der Waals surface area contributed by atoms with Crippen LogP contribution >= 0.6 is 11.3 Å². The Morgan fingerprint density at radius 2 is 2.10 bits per heavy atom. The average Bonchev–Trinajstić information content (AvgIpc) is 3.17. The van der Waals surface area contributed by atoms with Gasteiger partial charge in [-0.2, -0.15) is 4.98 Å². The minimum Gasteiger partial charge on any atom is -0.338 e. The van der Waals surface area contributed by atoms with E-state index in [1.807, 2.05) is 18.2 Å². The molecule has 1 unspecified atom stereocenters. The summed E-state index contributed by atoms with van der Waals surface area (Å²) in [5.41, 5.74) is 2.33. The fraction of sp³-hybridized carbons (Fsp3) is 0.143. The number of Topliss-reactive ketones (excluding diaryl/α,β-unsaturated/α-hetero) is 1. The lowest BCUT2D eigenvalue weighted by Crippen LogP contribution is -2.09. The van der Waals surface area contributed by atoms with Gasteiger partial charge in [-0.15, -0.1) is 11.3 Å². The number of ketones is 1. The summed E-state index contributed by atoms with van der Waals surface area (Å²) in [7, 11) is 0. The monoisotopic (exact) mass is 285 g/mol. The van der Waals surface area contributed by atoms with Crippen LogP contribution in [-0.2, 0) is 0 Å². The van der Waals surface area contributed by atoms with Crippen molar-refractivity contribution in [2.24, 2.45) is 0 Å². The second kappa shape index (κ2) is 5.34. The highest BCUT2D eigenvalue weighted by atomic mass is 32.1. The normalized spacial score (nSPS) is 12.2. The number of carbonyl (C=O) groups excluding carboxylic acids is 1. The van der Waals surface area contributed by atoms with Gasteiger partial charge >= 0.3 is 0 Å². The Balaban J connectivity index is 1.84. The van der Waals surface area contributed by atoms with Crippen LogP contribution in [0.3, 0.4) is 0 Å². The molecule has 1 aromatic carbocycles. The number of hydrogen-bond donors (Lipinski definition) is 0. The molecule has 0 aliphatic heterocycles. The van der Waals surface area contributed by atoms with Gasteiger partial charge < -0.3 is 4.52 Å². The number of rotatable bonds is 4. The van der Waals surface area contributed by atoms with Gasteiger partial charge in [-0.1, -0.05) is 35.5 Å². The van der Waals surface area contributed by atoms with Crippen molar-refractivity contribution in [1.82, 2.24) is 15.1 Å². The van der Waals surface area contributed by atoms with Gasteiger partial charge in [0.1, 0.15) is 0 Å². The second-order valence-electron chi connectivity index (χ2n) is 4.27. The molecule has 0 saturated heterocycles. The molecule has 3 aromatic rings. The van der Waals surface area contributed by atoms with Crippen molar-refractivity contribution in [1.29, 1.82) is 0 Å². The van der Waals surface area contributed by atoms with E-state index in [-0.39, 0.29) is 5.78 Å². The number of nitrogens with zero attached hydrogens (tertiary/aromatic N) is 3. The summed E-state index contributed by atoms with van der Waals surface area (Å²) >= 11 is 1.42. The Morgan fingerprint density at radius 1 is 1.30 bits per heavy atom. The highest BCUT2D eigenvalue weighted by Gasteiger charge is 2.23. The average molecular weight is 285 g/mol. The smallest absolute Gasteiger partial charge is 0.237 e. The molecule has 0 amide bonds. The summed E-state index contributed by atoms with van der Waals surface area (Å²) < 4.78 is 5.19. The largest absolute Gasteiger partial charge is 0.338 e. The van der Waals surface area contributed by atoms with Crippen molar-refractivity contribution >= 4 is 17.1 Å². The maximum Gasteiger partial charge on any atom is 0.237 e. The molecule has 0 spiro atoms. The lowest BCUT2D eigenvalue weighted by atomic mass is 9.99. The van der Waals surface area contributed by atoms with E-state index in [4.69, 9.17) is 4.52 Å². The first-order valence-electron chi connectivity index (χ1n) is 6.07. The summed E-state index contributed by atoms with van der Waals surface area (Å²) in [6.07, 6.45) is 1.67. The molecule has 0 fully saturated rings. The maximum atomic E-state index is 12.3. The molecule has 0 bridgehead atoms. The predicted octanol–water partition coefficient (Wildman–Crippen LogP) is 3.18. The third kappa shape index (κ3) is 2.37. The summed E-state index contributed by atoms with van der Waals surface area (Å²) in [6, 6.07) is 9.08. The molecular formula is C14H11N3O2S. The van der Waals surface area contributed by atoms with E-state index in [0.717, 1.165) is 4.88 Å². The van der Waals surface area contributed by atoms with Crippen molar-refractivity contribution < 1.29 is 9.32 Å². The lowest BCUT2D eigenvalue weighted by molar-refractivity contribution is 0.0951. The Bertz CT molecular complexity index is 707. The van der Waals surface area contributed by atoms with Crippen LogP contribution in [0.1, 0.15) is 29.1 Å². The van der Waals surface area contributed by atoms with Crippen molar-refractivity contribution in [2.45, 2.75) is 12.8 Å². The highest BCUT2D eigenvalue weighted by Crippen LogP contribution is 2.24. The van der Waals surface area contributed by atoms with E-state index < -0.39 is 5.92 Å². The van der Waals surface area contributed by atoms with Crippen LogP contribution in [0.4, 0.5) is 0 Å². The molecule has 0 aliphatic carbocycles. The molecule has 5 nitrogen and oxygen atoms in total. The van der Waals surface area contributed by atoms with Crippen molar-refractivity contribution in [3.8, 4) is 10.7 Å². The van der Waals surface area contributed by atoms with Gasteiger partial charge in [-0.05, 0) is 6.92 Å². The van der Waals surface area contributed by atoms with Crippen LogP contribution in [0, 0.1) is 0 Å². The fourth-order valence-electron chi connectivity index (χ4n) is 1.80. The van der Waals surface area contributed by atoms with E-state index in [1.165, 1.54) is 11.3 Å². The number of hydrogen-bond acceptors (Lipinski definition) is 6. The first kappa shape index (κ1) is 12.7. The first-order valence-corrected chi connectivity index (χ1v) is 6.95. The molecule has 0 N–H and O–H groups in total. The Hall–Kier alpha value is -2.34. The van der Waals surface area contributed by atoms with Crippen LogP contribution < -0.4 is 0 Å². The Labute approximate surface area is 119 Å². The van der Waals surface area contributed by atoms with Crippen molar-refractivity contribution in [3.63, 3.8) is 0 Å². The maximum absolute atomic E-state index is 12.3. The highest BCUT2D eigenvalue weighted by molar-refractivity contribution is 7.13. The molecule has 0 aliphatic rings. The van der Waals surface area contributed by atoms with Crippen LogP contribution in [-0.4, -0.2) is 20.9 Å². The third-order valence-corrected chi connectivity index (χ3v) is 3.69. The quantitative estimate of drug-likeness (QED) is 0.689. The molecule has 6 heteroatoms. The van der Waals surface area contributed by atoms with Gasteiger partial charge in [0, 0.05) is 11.8 Å². The van der Waals surface area contributed by atoms with Crippen LogP contribution in [0.5, 0.6) is 0 Å². The molecule has 20 heavy (non-hydrogen) atoms. The Morgan fingerprint density at radius 3 is 2.80 bits per heavy atom. The fourth-order valence-corrected chi connectivity index (χ4v) is 2.35. The molecular weight excluding hydrogens is 274 g/mol. The van der Waals surface area contributed by atoms with E-state index in [1.54, 1.807) is 30.8 Å². The van der Waals surface area contributed by atoms with Gasteiger partial charge in [0.2, 0.25) is 11.7 Å². The second-order valence-corrected chi connectivity index (χ2v) is 5.16. The van der Waals surface area contributed by atoms with E-state index in [2.05, 4.69) is 15.1 Å². The number of thiazole rings is 1. The van der Waals surface area contributed by atoms with Gasteiger partial charge in [0.15, 0.2) is 5.78 Å². The standard InChI is InChI=1S/C14H11N3O2S/c1-9(12(18)10-5-3-2-4-6-10)14-16-13(17-19-14)11-7-15-8-20-11/h2-9H,1H3. The SMILES string of the molecule is CC(C(=O)c1ccccc1)c1nc(-c2cncs2)no1. The molecule has 100 valence electrons.